The topological polar surface area (TPSA) is 56.9 Å². The molecule has 1 aromatic rings. The minimum atomic E-state index is -0.643. The van der Waals surface area contributed by atoms with E-state index in [9.17, 15) is 9.90 Å². The molecule has 3 heterocycles. The zero-order valence-electron chi connectivity index (χ0n) is 14.1. The number of hydrogen-bond donors (Lipinski definition) is 1. The van der Waals surface area contributed by atoms with Crippen molar-refractivity contribution in [2.45, 2.75) is 44.2 Å². The highest BCUT2D eigenvalue weighted by Gasteiger charge is 2.35. The van der Waals surface area contributed by atoms with Crippen LogP contribution >= 0.6 is 0 Å². The highest BCUT2D eigenvalue weighted by atomic mass is 16.4. The maximum Gasteiger partial charge on any atom is 0.226 e. The van der Waals surface area contributed by atoms with Crippen molar-refractivity contribution in [1.82, 2.24) is 9.80 Å². The van der Waals surface area contributed by atoms with E-state index < -0.39 is 6.10 Å². The van der Waals surface area contributed by atoms with Gasteiger partial charge in [0, 0.05) is 24.9 Å². The average Bonchev–Trinajstić information content (AvgIpc) is 3.27. The second kappa shape index (κ2) is 7.87. The van der Waals surface area contributed by atoms with E-state index in [1.807, 2.05) is 4.90 Å². The standard InChI is InChI=1S/C19H26N2O3/c1-2-9-20-11-7-15(8-12-20)19(23)21-10-3-5-16(21)14-17(22)18-6-4-13-24-18/h1,4,6,13,15-17,22H,3,5,7-12,14H2. The first-order chi connectivity index (χ1) is 11.7. The van der Waals surface area contributed by atoms with Crippen LogP contribution in [0.4, 0.5) is 0 Å². The van der Waals surface area contributed by atoms with Crippen molar-refractivity contribution in [3.05, 3.63) is 24.2 Å². The Morgan fingerprint density at radius 2 is 2.17 bits per heavy atom. The lowest BCUT2D eigenvalue weighted by molar-refractivity contribution is -0.138. The molecule has 24 heavy (non-hydrogen) atoms. The summed E-state index contributed by atoms with van der Waals surface area (Å²) < 4.78 is 5.28. The molecule has 1 N–H and O–H groups in total. The number of carbonyl (C=O) groups excluding carboxylic acids is 1. The molecule has 1 amide bonds. The van der Waals surface area contributed by atoms with Gasteiger partial charge in [0.25, 0.3) is 0 Å². The van der Waals surface area contributed by atoms with E-state index in [2.05, 4.69) is 10.8 Å². The highest BCUT2D eigenvalue weighted by molar-refractivity contribution is 5.79. The van der Waals surface area contributed by atoms with Gasteiger partial charge in [-0.05, 0) is 50.9 Å². The van der Waals surface area contributed by atoms with Gasteiger partial charge in [0.15, 0.2) is 0 Å². The van der Waals surface area contributed by atoms with Crippen molar-refractivity contribution < 1.29 is 14.3 Å². The number of terminal acetylenes is 1. The van der Waals surface area contributed by atoms with Crippen molar-refractivity contribution in [1.29, 1.82) is 0 Å². The summed E-state index contributed by atoms with van der Waals surface area (Å²) in [7, 11) is 0. The van der Waals surface area contributed by atoms with E-state index in [1.165, 1.54) is 0 Å². The predicted molar refractivity (Wildman–Crippen MR) is 91.0 cm³/mol. The third kappa shape index (κ3) is 3.82. The second-order valence-electron chi connectivity index (χ2n) is 6.85. The summed E-state index contributed by atoms with van der Waals surface area (Å²) in [5, 5.41) is 10.3. The molecule has 2 atom stereocenters. The van der Waals surface area contributed by atoms with Crippen LogP contribution in [0, 0.1) is 18.3 Å². The molecule has 2 aliphatic rings. The summed E-state index contributed by atoms with van der Waals surface area (Å²) >= 11 is 0. The zero-order valence-corrected chi connectivity index (χ0v) is 14.1. The fraction of sp³-hybridized carbons (Fsp3) is 0.632. The van der Waals surface area contributed by atoms with Gasteiger partial charge in [-0.3, -0.25) is 9.69 Å². The molecule has 0 spiro atoms. The van der Waals surface area contributed by atoms with Crippen LogP contribution in [-0.4, -0.2) is 53.0 Å². The summed E-state index contributed by atoms with van der Waals surface area (Å²) in [5.74, 6) is 3.60. The maximum atomic E-state index is 12.9. The molecule has 130 valence electrons. The van der Waals surface area contributed by atoms with Crippen LogP contribution in [0.15, 0.2) is 22.8 Å². The van der Waals surface area contributed by atoms with Crippen molar-refractivity contribution >= 4 is 5.91 Å². The maximum absolute atomic E-state index is 12.9. The molecule has 0 saturated carbocycles. The Labute approximate surface area is 143 Å². The molecule has 2 aliphatic heterocycles. The molecule has 0 radical (unpaired) electrons. The number of piperidine rings is 1. The van der Waals surface area contributed by atoms with Gasteiger partial charge in [0.05, 0.1) is 12.8 Å². The SMILES string of the molecule is C#CCN1CCC(C(=O)N2CCCC2CC(O)c2ccco2)CC1. The minimum absolute atomic E-state index is 0.0976. The molecular weight excluding hydrogens is 304 g/mol. The van der Waals surface area contributed by atoms with Crippen LogP contribution in [-0.2, 0) is 4.79 Å². The number of rotatable bonds is 5. The lowest BCUT2D eigenvalue weighted by atomic mass is 9.94. The highest BCUT2D eigenvalue weighted by Crippen LogP contribution is 2.30. The van der Waals surface area contributed by atoms with E-state index in [1.54, 1.807) is 18.4 Å². The average molecular weight is 330 g/mol. The third-order valence-electron chi connectivity index (χ3n) is 5.28. The second-order valence-corrected chi connectivity index (χ2v) is 6.85. The van der Waals surface area contributed by atoms with Gasteiger partial charge < -0.3 is 14.4 Å². The van der Waals surface area contributed by atoms with Crippen LogP contribution in [0.1, 0.15) is 44.0 Å². The normalized spacial score (nSPS) is 24.0. The van der Waals surface area contributed by atoms with Crippen molar-refractivity contribution in [3.8, 4) is 12.3 Å². The van der Waals surface area contributed by atoms with Crippen LogP contribution in [0.2, 0.25) is 0 Å². The summed E-state index contributed by atoms with van der Waals surface area (Å²) in [6.07, 6.45) is 10.6. The molecular formula is C19H26N2O3. The number of amides is 1. The number of likely N-dealkylation sites (tertiary alicyclic amines) is 2. The third-order valence-corrected chi connectivity index (χ3v) is 5.28. The zero-order chi connectivity index (χ0) is 16.9. The molecule has 2 unspecified atom stereocenters. The van der Waals surface area contributed by atoms with Crippen molar-refractivity contribution in [3.63, 3.8) is 0 Å². The molecule has 3 rings (SSSR count). The van der Waals surface area contributed by atoms with Crippen molar-refractivity contribution in [2.24, 2.45) is 5.92 Å². The molecule has 5 heteroatoms. The molecule has 0 aromatic carbocycles. The monoisotopic (exact) mass is 330 g/mol. The first-order valence-electron chi connectivity index (χ1n) is 8.87. The Morgan fingerprint density at radius 3 is 2.83 bits per heavy atom. The van der Waals surface area contributed by atoms with Gasteiger partial charge in [0.2, 0.25) is 5.91 Å². The van der Waals surface area contributed by atoms with Crippen LogP contribution in [0.25, 0.3) is 0 Å². The van der Waals surface area contributed by atoms with Gasteiger partial charge in [-0.15, -0.1) is 6.42 Å². The van der Waals surface area contributed by atoms with E-state index >= 15 is 0 Å². The number of carbonyl (C=O) groups is 1. The summed E-state index contributed by atoms with van der Waals surface area (Å²) in [5.41, 5.74) is 0. The van der Waals surface area contributed by atoms with E-state index in [0.29, 0.717) is 18.7 Å². The molecule has 0 bridgehead atoms. The lowest BCUT2D eigenvalue weighted by Crippen LogP contribution is -2.44. The smallest absolute Gasteiger partial charge is 0.226 e. The lowest BCUT2D eigenvalue weighted by Gasteiger charge is -2.34. The Kier molecular flexibility index (Phi) is 5.60. The van der Waals surface area contributed by atoms with Gasteiger partial charge in [0.1, 0.15) is 11.9 Å². The Bertz CT molecular complexity index is 570. The largest absolute Gasteiger partial charge is 0.467 e. The summed E-state index contributed by atoms with van der Waals surface area (Å²) in [4.78, 5) is 17.1. The Balaban J connectivity index is 1.55. The molecule has 2 saturated heterocycles. The minimum Gasteiger partial charge on any atom is -0.467 e. The first kappa shape index (κ1) is 17.1. The van der Waals surface area contributed by atoms with Gasteiger partial charge in [-0.25, -0.2) is 0 Å². The summed E-state index contributed by atoms with van der Waals surface area (Å²) in [6, 6.07) is 3.67. The molecule has 2 fully saturated rings. The van der Waals surface area contributed by atoms with E-state index in [-0.39, 0.29) is 17.9 Å². The van der Waals surface area contributed by atoms with Crippen molar-refractivity contribution in [2.75, 3.05) is 26.2 Å². The van der Waals surface area contributed by atoms with Gasteiger partial charge >= 0.3 is 0 Å². The van der Waals surface area contributed by atoms with Crippen LogP contribution in [0.5, 0.6) is 0 Å². The predicted octanol–water partition coefficient (Wildman–Crippen LogP) is 2.04. The molecule has 0 aliphatic carbocycles. The quantitative estimate of drug-likeness (QED) is 0.840. The first-order valence-corrected chi connectivity index (χ1v) is 8.87. The Hall–Kier alpha value is -1.77. The number of hydrogen-bond acceptors (Lipinski definition) is 4. The molecule has 5 nitrogen and oxygen atoms in total. The van der Waals surface area contributed by atoms with E-state index in [4.69, 9.17) is 10.8 Å². The summed E-state index contributed by atoms with van der Waals surface area (Å²) in [6.45, 7) is 3.27. The van der Waals surface area contributed by atoms with Crippen LogP contribution in [0.3, 0.4) is 0 Å². The number of nitrogens with zero attached hydrogens (tertiary/aromatic N) is 2. The fourth-order valence-electron chi connectivity index (χ4n) is 3.93. The number of aliphatic hydroxyl groups excluding tert-OH is 1. The number of aliphatic hydroxyl groups is 1. The Morgan fingerprint density at radius 1 is 1.38 bits per heavy atom. The number of furan rings is 1. The van der Waals surface area contributed by atoms with Crippen LogP contribution < -0.4 is 0 Å². The fourth-order valence-corrected chi connectivity index (χ4v) is 3.93. The molecule has 1 aromatic heterocycles. The van der Waals surface area contributed by atoms with Gasteiger partial charge in [-0.2, -0.15) is 0 Å². The van der Waals surface area contributed by atoms with E-state index in [0.717, 1.165) is 45.3 Å². The van der Waals surface area contributed by atoms with Gasteiger partial charge in [-0.1, -0.05) is 5.92 Å².